The maximum atomic E-state index is 13.5. The number of aliphatic hydroxyl groups is 2. The minimum absolute atomic E-state index is 0.128. The topological polar surface area (TPSA) is 117 Å². The largest absolute Gasteiger partial charge is 0.424 e. The van der Waals surface area contributed by atoms with Crippen LogP contribution in [-0.4, -0.2) is 81.1 Å². The molecule has 29 heavy (non-hydrogen) atoms. The lowest BCUT2D eigenvalue weighted by Crippen LogP contribution is -2.54. The average molecular weight is 422 g/mol. The number of morpholine rings is 1. The Kier molecular flexibility index (Phi) is 7.25. The molecule has 1 aliphatic rings. The number of ether oxygens (including phenoxy) is 1. The van der Waals surface area contributed by atoms with Crippen molar-refractivity contribution in [2.75, 3.05) is 26.3 Å². The van der Waals surface area contributed by atoms with Gasteiger partial charge in [-0.2, -0.15) is 13.2 Å². The van der Waals surface area contributed by atoms with Crippen molar-refractivity contribution in [1.29, 1.82) is 0 Å². The van der Waals surface area contributed by atoms with Gasteiger partial charge in [-0.15, -0.1) is 0 Å². The molecule has 1 aliphatic heterocycles. The van der Waals surface area contributed by atoms with Gasteiger partial charge in [0.2, 0.25) is 5.60 Å². The molecule has 0 aromatic carbocycles. The Balaban J connectivity index is 2.01. The molecular weight excluding hydrogens is 397 g/mol. The van der Waals surface area contributed by atoms with Crippen LogP contribution in [0.15, 0.2) is 12.4 Å². The molecule has 0 saturated carbocycles. The summed E-state index contributed by atoms with van der Waals surface area (Å²) in [6.07, 6.45) is -4.09. The molecule has 9 nitrogen and oxygen atoms in total. The van der Waals surface area contributed by atoms with Crippen molar-refractivity contribution in [2.45, 2.75) is 43.7 Å². The van der Waals surface area contributed by atoms with Crippen molar-refractivity contribution < 1.29 is 37.7 Å². The number of aromatic nitrogens is 2. The van der Waals surface area contributed by atoms with Gasteiger partial charge in [0.25, 0.3) is 0 Å². The molecule has 1 fully saturated rings. The number of nitrogens with one attached hydrogen (secondary N) is 1. The van der Waals surface area contributed by atoms with Gasteiger partial charge in [0.05, 0.1) is 25.4 Å². The number of carbonyl (C=O) groups excluding carboxylic acids is 2. The van der Waals surface area contributed by atoms with Gasteiger partial charge in [0, 0.05) is 39.0 Å². The number of rotatable bonds is 6. The molecule has 2 amide bonds. The van der Waals surface area contributed by atoms with Crippen LogP contribution < -0.4 is 5.32 Å². The highest BCUT2D eigenvalue weighted by atomic mass is 19.4. The molecule has 1 saturated heterocycles. The number of hydrogen-bond acceptors (Lipinski definition) is 6. The maximum Gasteiger partial charge on any atom is 0.424 e. The lowest BCUT2D eigenvalue weighted by Gasteiger charge is -2.35. The van der Waals surface area contributed by atoms with Crippen LogP contribution in [0.5, 0.6) is 0 Å². The molecule has 0 aliphatic carbocycles. The van der Waals surface area contributed by atoms with Gasteiger partial charge >= 0.3 is 18.0 Å². The third-order valence-electron chi connectivity index (χ3n) is 4.73. The van der Waals surface area contributed by atoms with E-state index in [1.165, 1.54) is 25.1 Å². The van der Waals surface area contributed by atoms with Crippen LogP contribution >= 0.6 is 0 Å². The Labute approximate surface area is 165 Å². The zero-order valence-electron chi connectivity index (χ0n) is 16.1. The number of aryl methyl sites for hydroxylation is 1. The van der Waals surface area contributed by atoms with Gasteiger partial charge < -0.3 is 29.7 Å². The minimum atomic E-state index is -5.03. The molecular formula is C17H25F3N4O5. The Hall–Kier alpha value is -2.18. The van der Waals surface area contributed by atoms with E-state index in [0.29, 0.717) is 0 Å². The van der Waals surface area contributed by atoms with Gasteiger partial charge in [-0.25, -0.2) is 4.98 Å². The standard InChI is InChI=1S/C17H25F3N4O5/c1-11(25)9-12-10-29-8-7-24(12)14(27)13(26)21-4-3-16(28,17(18,19)20)15-22-5-6-23(15)2/h5-6,11-12,25,28H,3-4,7-10H2,1-2H3,(H,21,26)/t11-,12+,16-/m0/s1. The molecule has 0 bridgehead atoms. The SMILES string of the molecule is C[C@H](O)C[C@@H]1COCCN1C(=O)C(=O)NCC[C@](O)(c1nccn1C)C(F)(F)F. The summed E-state index contributed by atoms with van der Waals surface area (Å²) < 4.78 is 46.7. The molecule has 2 rings (SSSR count). The van der Waals surface area contributed by atoms with Crippen LogP contribution in [0.25, 0.3) is 0 Å². The van der Waals surface area contributed by atoms with E-state index in [4.69, 9.17) is 4.74 Å². The van der Waals surface area contributed by atoms with Crippen LogP contribution in [0.4, 0.5) is 13.2 Å². The van der Waals surface area contributed by atoms with Crippen LogP contribution in [0.1, 0.15) is 25.6 Å². The molecule has 0 spiro atoms. The van der Waals surface area contributed by atoms with E-state index in [-0.39, 0.29) is 26.2 Å². The van der Waals surface area contributed by atoms with Gasteiger partial charge in [0.15, 0.2) is 0 Å². The van der Waals surface area contributed by atoms with E-state index in [1.54, 1.807) is 0 Å². The van der Waals surface area contributed by atoms with E-state index in [9.17, 15) is 33.0 Å². The second-order valence-corrected chi connectivity index (χ2v) is 7.04. The molecule has 1 aromatic heterocycles. The monoisotopic (exact) mass is 422 g/mol. The Bertz CT molecular complexity index is 724. The fourth-order valence-electron chi connectivity index (χ4n) is 3.22. The molecule has 3 N–H and O–H groups in total. The summed E-state index contributed by atoms with van der Waals surface area (Å²) in [5.74, 6) is -2.63. The van der Waals surface area contributed by atoms with Crippen molar-refractivity contribution in [1.82, 2.24) is 19.8 Å². The summed E-state index contributed by atoms with van der Waals surface area (Å²) in [5.41, 5.74) is -3.28. The number of carbonyl (C=O) groups is 2. The van der Waals surface area contributed by atoms with Gasteiger partial charge in [-0.1, -0.05) is 0 Å². The third-order valence-corrected chi connectivity index (χ3v) is 4.73. The lowest BCUT2D eigenvalue weighted by molar-refractivity contribution is -0.272. The van der Waals surface area contributed by atoms with E-state index in [2.05, 4.69) is 10.3 Å². The summed E-state index contributed by atoms with van der Waals surface area (Å²) in [6, 6.07) is -0.512. The second-order valence-electron chi connectivity index (χ2n) is 7.04. The molecule has 164 valence electrons. The molecule has 0 radical (unpaired) electrons. The summed E-state index contributed by atoms with van der Waals surface area (Å²) in [5, 5.41) is 21.9. The number of aliphatic hydroxyl groups excluding tert-OH is 1. The first-order valence-electron chi connectivity index (χ1n) is 9.09. The van der Waals surface area contributed by atoms with E-state index in [0.717, 1.165) is 10.8 Å². The van der Waals surface area contributed by atoms with Crippen LogP contribution in [0.3, 0.4) is 0 Å². The normalized spacial score (nSPS) is 20.8. The molecule has 3 atom stereocenters. The first kappa shape index (κ1) is 23.1. The minimum Gasteiger partial charge on any atom is -0.393 e. The quantitative estimate of drug-likeness (QED) is 0.541. The highest BCUT2D eigenvalue weighted by Crippen LogP contribution is 2.40. The first-order valence-corrected chi connectivity index (χ1v) is 9.09. The van der Waals surface area contributed by atoms with Gasteiger partial charge in [-0.3, -0.25) is 9.59 Å². The van der Waals surface area contributed by atoms with Crippen LogP contribution in [0.2, 0.25) is 0 Å². The van der Waals surface area contributed by atoms with Crippen molar-refractivity contribution in [3.05, 3.63) is 18.2 Å². The smallest absolute Gasteiger partial charge is 0.393 e. The van der Waals surface area contributed by atoms with Crippen molar-refractivity contribution in [2.24, 2.45) is 7.05 Å². The predicted molar refractivity (Wildman–Crippen MR) is 93.4 cm³/mol. The number of hydrogen-bond donors (Lipinski definition) is 3. The van der Waals surface area contributed by atoms with Gasteiger partial charge in [0.1, 0.15) is 5.82 Å². The van der Waals surface area contributed by atoms with Crippen LogP contribution in [0, 0.1) is 0 Å². The highest BCUT2D eigenvalue weighted by Gasteiger charge is 2.57. The number of amides is 2. The second kappa shape index (κ2) is 9.09. The Morgan fingerprint density at radius 1 is 1.45 bits per heavy atom. The Morgan fingerprint density at radius 2 is 2.14 bits per heavy atom. The number of halogens is 3. The molecule has 0 unspecified atom stereocenters. The number of alkyl halides is 3. The highest BCUT2D eigenvalue weighted by molar-refractivity contribution is 6.35. The maximum absolute atomic E-state index is 13.5. The van der Waals surface area contributed by atoms with Crippen molar-refractivity contribution >= 4 is 11.8 Å². The van der Waals surface area contributed by atoms with E-state index < -0.39 is 54.5 Å². The predicted octanol–water partition coefficient (Wildman–Crippen LogP) is -0.325. The fourth-order valence-corrected chi connectivity index (χ4v) is 3.22. The van der Waals surface area contributed by atoms with E-state index >= 15 is 0 Å². The first-order chi connectivity index (χ1) is 13.5. The van der Waals surface area contributed by atoms with Gasteiger partial charge in [-0.05, 0) is 13.3 Å². The summed E-state index contributed by atoms with van der Waals surface area (Å²) >= 11 is 0. The average Bonchev–Trinajstić information content (AvgIpc) is 3.06. The summed E-state index contributed by atoms with van der Waals surface area (Å²) in [6.45, 7) is 1.42. The zero-order valence-corrected chi connectivity index (χ0v) is 16.1. The fraction of sp³-hybridized carbons (Fsp3) is 0.706. The van der Waals surface area contributed by atoms with Crippen LogP contribution in [-0.2, 0) is 27.0 Å². The Morgan fingerprint density at radius 3 is 2.69 bits per heavy atom. The van der Waals surface area contributed by atoms with Crippen molar-refractivity contribution in [3.63, 3.8) is 0 Å². The summed E-state index contributed by atoms with van der Waals surface area (Å²) in [4.78, 5) is 29.4. The van der Waals surface area contributed by atoms with E-state index in [1.807, 2.05) is 0 Å². The number of nitrogens with zero attached hydrogens (tertiary/aromatic N) is 3. The lowest BCUT2D eigenvalue weighted by atomic mass is 9.97. The number of imidazole rings is 1. The molecule has 2 heterocycles. The molecule has 1 aromatic rings. The summed E-state index contributed by atoms with van der Waals surface area (Å²) in [7, 11) is 1.31. The van der Waals surface area contributed by atoms with Crippen molar-refractivity contribution in [3.8, 4) is 0 Å². The third kappa shape index (κ3) is 5.25. The zero-order chi connectivity index (χ0) is 21.8. The molecule has 12 heteroatoms.